The first-order valence-electron chi connectivity index (χ1n) is 10.6. The molecule has 0 aliphatic carbocycles. The number of hydrogen-bond acceptors (Lipinski definition) is 4. The van der Waals surface area contributed by atoms with Crippen LogP contribution in [0.15, 0.2) is 54.6 Å². The molecule has 0 N–H and O–H groups in total. The van der Waals surface area contributed by atoms with Crippen molar-refractivity contribution >= 4 is 11.6 Å². The van der Waals surface area contributed by atoms with E-state index in [9.17, 15) is 22.4 Å². The second-order valence-electron chi connectivity index (χ2n) is 8.36. The number of anilines is 1. The van der Waals surface area contributed by atoms with Gasteiger partial charge in [0.05, 0.1) is 12.1 Å². The lowest BCUT2D eigenvalue weighted by atomic mass is 9.77. The molecule has 3 aliphatic heterocycles. The van der Waals surface area contributed by atoms with Gasteiger partial charge in [0.15, 0.2) is 11.5 Å². The maximum atomic E-state index is 14.6. The van der Waals surface area contributed by atoms with E-state index in [1.807, 2.05) is 0 Å². The second-order valence-corrected chi connectivity index (χ2v) is 8.36. The Morgan fingerprint density at radius 2 is 1.62 bits per heavy atom. The van der Waals surface area contributed by atoms with Crippen molar-refractivity contribution < 1.29 is 36.6 Å². The van der Waals surface area contributed by atoms with Gasteiger partial charge in [0.25, 0.3) is 0 Å². The minimum absolute atomic E-state index is 0.0407. The zero-order valence-electron chi connectivity index (χ0n) is 17.6. The van der Waals surface area contributed by atoms with Gasteiger partial charge in [-0.05, 0) is 29.8 Å². The third-order valence-corrected chi connectivity index (χ3v) is 6.55. The molecule has 0 saturated carbocycles. The van der Waals surface area contributed by atoms with Crippen LogP contribution in [0.5, 0.6) is 17.2 Å². The summed E-state index contributed by atoms with van der Waals surface area (Å²) >= 11 is 0. The van der Waals surface area contributed by atoms with E-state index in [0.29, 0.717) is 47.3 Å². The number of alkyl halides is 3. The minimum Gasteiger partial charge on any atom is -0.491 e. The number of amides is 1. The van der Waals surface area contributed by atoms with Crippen molar-refractivity contribution in [3.63, 3.8) is 0 Å². The van der Waals surface area contributed by atoms with Crippen LogP contribution in [0.3, 0.4) is 0 Å². The van der Waals surface area contributed by atoms with Gasteiger partial charge in [-0.3, -0.25) is 4.79 Å². The lowest BCUT2D eigenvalue weighted by molar-refractivity contribution is -0.138. The SMILES string of the molecule is O=C1N(Cc2c(F)cccc2C(F)(F)F)c2ccccc2C12COc1cc3c(cc12)OCCO3. The first-order chi connectivity index (χ1) is 16.3. The van der Waals surface area contributed by atoms with E-state index < -0.39 is 41.0 Å². The van der Waals surface area contributed by atoms with Crippen LogP contribution in [-0.4, -0.2) is 25.7 Å². The van der Waals surface area contributed by atoms with Gasteiger partial charge >= 0.3 is 6.18 Å². The number of rotatable bonds is 2. The normalized spacial score (nSPS) is 20.4. The van der Waals surface area contributed by atoms with Crippen molar-refractivity contribution in [1.29, 1.82) is 0 Å². The Hall–Kier alpha value is -3.75. The van der Waals surface area contributed by atoms with Crippen LogP contribution in [0.4, 0.5) is 23.2 Å². The van der Waals surface area contributed by atoms with Gasteiger partial charge < -0.3 is 19.1 Å². The Kier molecular flexibility index (Phi) is 4.36. The Balaban J connectivity index is 1.49. The predicted molar refractivity (Wildman–Crippen MR) is 113 cm³/mol. The van der Waals surface area contributed by atoms with Crippen molar-refractivity contribution in [1.82, 2.24) is 0 Å². The summed E-state index contributed by atoms with van der Waals surface area (Å²) in [6, 6.07) is 13.0. The summed E-state index contributed by atoms with van der Waals surface area (Å²) < 4.78 is 72.7. The summed E-state index contributed by atoms with van der Waals surface area (Å²) in [6.45, 7) is 0.125. The van der Waals surface area contributed by atoms with Crippen molar-refractivity contribution in [3.05, 3.63) is 82.7 Å². The van der Waals surface area contributed by atoms with Crippen LogP contribution in [0.25, 0.3) is 0 Å². The molecule has 1 spiro atoms. The number of hydrogen-bond donors (Lipinski definition) is 0. The lowest BCUT2D eigenvalue weighted by Crippen LogP contribution is -2.42. The number of carbonyl (C=O) groups excluding carboxylic acids is 1. The first kappa shape index (κ1) is 20.8. The highest BCUT2D eigenvalue weighted by atomic mass is 19.4. The van der Waals surface area contributed by atoms with Gasteiger partial charge in [-0.15, -0.1) is 0 Å². The summed E-state index contributed by atoms with van der Waals surface area (Å²) in [5.41, 5.74) is -1.44. The highest BCUT2D eigenvalue weighted by Gasteiger charge is 2.57. The number of benzene rings is 3. The molecule has 34 heavy (non-hydrogen) atoms. The molecular weight excluding hydrogens is 454 g/mol. The molecule has 0 aromatic heterocycles. The standard InChI is InChI=1S/C25H17F4NO4/c26-18-6-3-5-15(25(27,28)29)14(18)12-30-19-7-2-1-4-16(19)24(23(30)31)13-34-20-11-22-21(10-17(20)24)32-8-9-33-22/h1-7,10-11H,8-9,12-13H2. The Bertz CT molecular complexity index is 1340. The quantitative estimate of drug-likeness (QED) is 0.502. The van der Waals surface area contributed by atoms with E-state index >= 15 is 0 Å². The molecule has 3 aliphatic rings. The summed E-state index contributed by atoms with van der Waals surface area (Å²) in [4.78, 5) is 15.2. The van der Waals surface area contributed by atoms with Gasteiger partial charge in [0.1, 0.15) is 36.8 Å². The largest absolute Gasteiger partial charge is 0.491 e. The van der Waals surface area contributed by atoms with E-state index in [2.05, 4.69) is 0 Å². The van der Waals surface area contributed by atoms with E-state index in [1.165, 1.54) is 4.90 Å². The Morgan fingerprint density at radius 3 is 2.38 bits per heavy atom. The molecule has 1 atom stereocenters. The third kappa shape index (κ3) is 2.82. The number of halogens is 4. The highest BCUT2D eigenvalue weighted by Crippen LogP contribution is 2.55. The first-order valence-corrected chi connectivity index (χ1v) is 10.6. The average molecular weight is 471 g/mol. The van der Waals surface area contributed by atoms with Gasteiger partial charge in [0.2, 0.25) is 5.91 Å². The molecule has 174 valence electrons. The van der Waals surface area contributed by atoms with Crippen LogP contribution in [0.1, 0.15) is 22.3 Å². The number of para-hydroxylation sites is 1. The summed E-state index contributed by atoms with van der Waals surface area (Å²) in [5, 5.41) is 0. The molecule has 0 saturated heterocycles. The monoisotopic (exact) mass is 471 g/mol. The summed E-state index contributed by atoms with van der Waals surface area (Å²) in [7, 11) is 0. The molecule has 1 amide bonds. The smallest absolute Gasteiger partial charge is 0.416 e. The summed E-state index contributed by atoms with van der Waals surface area (Å²) in [6.07, 6.45) is -4.77. The third-order valence-electron chi connectivity index (χ3n) is 6.55. The molecule has 9 heteroatoms. The van der Waals surface area contributed by atoms with E-state index in [4.69, 9.17) is 14.2 Å². The molecule has 0 bridgehead atoms. The molecule has 3 heterocycles. The molecule has 1 unspecified atom stereocenters. The minimum atomic E-state index is -4.77. The van der Waals surface area contributed by atoms with Crippen molar-refractivity contribution in [2.75, 3.05) is 24.7 Å². The molecule has 6 rings (SSSR count). The van der Waals surface area contributed by atoms with Crippen LogP contribution in [0.2, 0.25) is 0 Å². The van der Waals surface area contributed by atoms with E-state index in [0.717, 1.165) is 18.2 Å². The molecule has 3 aromatic carbocycles. The Morgan fingerprint density at radius 1 is 0.882 bits per heavy atom. The molecule has 0 radical (unpaired) electrons. The van der Waals surface area contributed by atoms with Crippen molar-refractivity contribution in [2.24, 2.45) is 0 Å². The molecular formula is C25H17F4NO4. The fraction of sp³-hybridized carbons (Fsp3) is 0.240. The van der Waals surface area contributed by atoms with Crippen LogP contribution in [-0.2, 0) is 22.9 Å². The van der Waals surface area contributed by atoms with Gasteiger partial charge in [-0.1, -0.05) is 24.3 Å². The molecule has 5 nitrogen and oxygen atoms in total. The Labute approximate surface area is 191 Å². The number of fused-ring (bicyclic) bond motifs is 5. The van der Waals surface area contributed by atoms with Crippen molar-refractivity contribution in [2.45, 2.75) is 18.1 Å². The maximum absolute atomic E-state index is 14.6. The fourth-order valence-electron chi connectivity index (χ4n) is 5.01. The second kappa shape index (κ2) is 7.12. The predicted octanol–water partition coefficient (Wildman–Crippen LogP) is 4.84. The van der Waals surface area contributed by atoms with Crippen molar-refractivity contribution in [3.8, 4) is 17.2 Å². The maximum Gasteiger partial charge on any atom is 0.416 e. The number of nitrogens with zero attached hydrogens (tertiary/aromatic N) is 1. The average Bonchev–Trinajstić information content (AvgIpc) is 3.30. The molecule has 0 fully saturated rings. The van der Waals surface area contributed by atoms with E-state index in [1.54, 1.807) is 36.4 Å². The van der Waals surface area contributed by atoms with Gasteiger partial charge in [0, 0.05) is 22.9 Å². The van der Waals surface area contributed by atoms with Gasteiger partial charge in [-0.25, -0.2) is 4.39 Å². The highest BCUT2D eigenvalue weighted by molar-refractivity contribution is 6.11. The lowest BCUT2D eigenvalue weighted by Gasteiger charge is -2.25. The van der Waals surface area contributed by atoms with Crippen LogP contribution >= 0.6 is 0 Å². The molecule has 3 aromatic rings. The number of carbonyl (C=O) groups is 1. The fourth-order valence-corrected chi connectivity index (χ4v) is 5.01. The number of ether oxygens (including phenoxy) is 3. The van der Waals surface area contributed by atoms with Gasteiger partial charge in [-0.2, -0.15) is 13.2 Å². The summed E-state index contributed by atoms with van der Waals surface area (Å²) in [5.74, 6) is -0.105. The zero-order chi connectivity index (χ0) is 23.7. The van der Waals surface area contributed by atoms with Crippen LogP contribution in [0, 0.1) is 5.82 Å². The van der Waals surface area contributed by atoms with Crippen LogP contribution < -0.4 is 19.1 Å². The van der Waals surface area contributed by atoms with E-state index in [-0.39, 0.29) is 6.61 Å². The topological polar surface area (TPSA) is 48.0 Å². The zero-order valence-corrected chi connectivity index (χ0v) is 17.6.